The van der Waals surface area contributed by atoms with Gasteiger partial charge in [-0.25, -0.2) is 0 Å². The molecule has 3 rings (SSSR count). The summed E-state index contributed by atoms with van der Waals surface area (Å²) in [4.78, 5) is 26.4. The molecule has 21 heavy (non-hydrogen) atoms. The first-order valence-electron chi connectivity index (χ1n) is 7.85. The van der Waals surface area contributed by atoms with Crippen molar-refractivity contribution in [1.82, 2.24) is 4.90 Å². The van der Waals surface area contributed by atoms with E-state index >= 15 is 0 Å². The average Bonchev–Trinajstić information content (AvgIpc) is 3.20. The van der Waals surface area contributed by atoms with Crippen molar-refractivity contribution in [2.24, 2.45) is 11.8 Å². The maximum absolute atomic E-state index is 12.4. The van der Waals surface area contributed by atoms with Crippen LogP contribution in [0.25, 0.3) is 0 Å². The van der Waals surface area contributed by atoms with Gasteiger partial charge >= 0.3 is 0 Å². The highest BCUT2D eigenvalue weighted by Gasteiger charge is 2.32. The smallest absolute Gasteiger partial charge is 0.253 e. The zero-order valence-electron chi connectivity index (χ0n) is 12.5. The van der Waals surface area contributed by atoms with Crippen LogP contribution in [0, 0.1) is 11.8 Å². The summed E-state index contributed by atoms with van der Waals surface area (Å²) in [6, 6.07) is 7.29. The third kappa shape index (κ3) is 3.26. The molecular weight excluding hydrogens is 264 g/mol. The third-order valence-corrected chi connectivity index (χ3v) is 4.51. The molecule has 0 bridgehead atoms. The van der Waals surface area contributed by atoms with Crippen molar-refractivity contribution in [3.63, 3.8) is 0 Å². The second-order valence-corrected chi connectivity index (χ2v) is 6.20. The van der Waals surface area contributed by atoms with Crippen molar-refractivity contribution in [3.05, 3.63) is 29.8 Å². The molecule has 1 aliphatic heterocycles. The Balaban J connectivity index is 1.67. The van der Waals surface area contributed by atoms with Crippen molar-refractivity contribution < 1.29 is 9.59 Å². The molecular formula is C17H22N2O2. The molecule has 2 aliphatic rings. The first kappa shape index (κ1) is 14.1. The molecule has 2 amide bonds. The maximum Gasteiger partial charge on any atom is 0.253 e. The highest BCUT2D eigenvalue weighted by atomic mass is 16.2. The molecule has 1 aliphatic carbocycles. The molecule has 1 aromatic rings. The largest absolute Gasteiger partial charge is 0.339 e. The number of rotatable bonds is 4. The summed E-state index contributed by atoms with van der Waals surface area (Å²) < 4.78 is 0. The lowest BCUT2D eigenvalue weighted by molar-refractivity contribution is -0.119. The molecule has 1 aromatic carbocycles. The van der Waals surface area contributed by atoms with E-state index in [1.807, 2.05) is 30.0 Å². The summed E-state index contributed by atoms with van der Waals surface area (Å²) in [6.07, 6.45) is 4.48. The summed E-state index contributed by atoms with van der Waals surface area (Å²) in [5.41, 5.74) is 1.38. The van der Waals surface area contributed by atoms with E-state index in [9.17, 15) is 9.59 Å². The van der Waals surface area contributed by atoms with E-state index in [0.717, 1.165) is 44.5 Å². The van der Waals surface area contributed by atoms with Crippen LogP contribution in [0.3, 0.4) is 0 Å². The van der Waals surface area contributed by atoms with Crippen LogP contribution in [-0.4, -0.2) is 29.8 Å². The van der Waals surface area contributed by atoms with Crippen LogP contribution in [0.2, 0.25) is 0 Å². The van der Waals surface area contributed by atoms with Gasteiger partial charge in [-0.2, -0.15) is 0 Å². The summed E-state index contributed by atoms with van der Waals surface area (Å²) in [7, 11) is 0. The Morgan fingerprint density at radius 3 is 2.62 bits per heavy atom. The van der Waals surface area contributed by atoms with E-state index in [1.54, 1.807) is 6.07 Å². The molecule has 0 spiro atoms. The van der Waals surface area contributed by atoms with Crippen LogP contribution in [0.15, 0.2) is 24.3 Å². The number of carbonyl (C=O) groups excluding carboxylic acids is 2. The topological polar surface area (TPSA) is 49.4 Å². The number of anilines is 1. The van der Waals surface area contributed by atoms with Gasteiger partial charge in [-0.05, 0) is 49.8 Å². The predicted octanol–water partition coefficient (Wildman–Crippen LogP) is 2.91. The fourth-order valence-electron chi connectivity index (χ4n) is 2.90. The van der Waals surface area contributed by atoms with Gasteiger partial charge in [-0.1, -0.05) is 13.0 Å². The van der Waals surface area contributed by atoms with E-state index in [2.05, 4.69) is 5.32 Å². The molecule has 1 N–H and O–H groups in total. The Bertz CT molecular complexity index is 545. The number of nitrogens with zero attached hydrogens (tertiary/aromatic N) is 1. The fourth-order valence-corrected chi connectivity index (χ4v) is 2.90. The molecule has 1 saturated carbocycles. The minimum Gasteiger partial charge on any atom is -0.339 e. The van der Waals surface area contributed by atoms with E-state index in [-0.39, 0.29) is 17.7 Å². The molecule has 1 saturated heterocycles. The van der Waals surface area contributed by atoms with Gasteiger partial charge in [0.15, 0.2) is 0 Å². The zero-order valence-corrected chi connectivity index (χ0v) is 12.5. The number of amides is 2. The Morgan fingerprint density at radius 1 is 1.24 bits per heavy atom. The van der Waals surface area contributed by atoms with Crippen molar-refractivity contribution in [2.45, 2.75) is 32.6 Å². The van der Waals surface area contributed by atoms with E-state index < -0.39 is 0 Å². The molecule has 1 heterocycles. The molecule has 2 fully saturated rings. The summed E-state index contributed by atoms with van der Waals surface area (Å²) in [5.74, 6) is 0.726. The Labute approximate surface area is 125 Å². The lowest BCUT2D eigenvalue weighted by Crippen LogP contribution is -2.27. The predicted molar refractivity (Wildman–Crippen MR) is 82.1 cm³/mol. The Hall–Kier alpha value is -1.84. The maximum atomic E-state index is 12.4. The molecule has 4 nitrogen and oxygen atoms in total. The van der Waals surface area contributed by atoms with E-state index in [1.165, 1.54) is 0 Å². The molecule has 112 valence electrons. The van der Waals surface area contributed by atoms with Crippen LogP contribution >= 0.6 is 0 Å². The standard InChI is InChI=1S/C17H22N2O2/c1-12(13-7-8-13)16(20)18-15-6-4-5-14(11-15)17(21)19-9-2-3-10-19/h4-6,11-13H,2-3,7-10H2,1H3,(H,18,20). The third-order valence-electron chi connectivity index (χ3n) is 4.51. The van der Waals surface area contributed by atoms with Crippen molar-refractivity contribution >= 4 is 17.5 Å². The Morgan fingerprint density at radius 2 is 1.95 bits per heavy atom. The van der Waals surface area contributed by atoms with Crippen LogP contribution in [0.1, 0.15) is 43.0 Å². The zero-order chi connectivity index (χ0) is 14.8. The number of hydrogen-bond donors (Lipinski definition) is 1. The van der Waals surface area contributed by atoms with Gasteiger partial charge in [-0.15, -0.1) is 0 Å². The van der Waals surface area contributed by atoms with Gasteiger partial charge in [0, 0.05) is 30.3 Å². The van der Waals surface area contributed by atoms with Gasteiger partial charge < -0.3 is 10.2 Å². The summed E-state index contributed by atoms with van der Waals surface area (Å²) in [5, 5.41) is 2.94. The monoisotopic (exact) mass is 286 g/mol. The lowest BCUT2D eigenvalue weighted by atomic mass is 10.1. The SMILES string of the molecule is CC(C(=O)Nc1cccc(C(=O)N2CCCC2)c1)C1CC1. The van der Waals surface area contributed by atoms with Crippen LogP contribution in [0.4, 0.5) is 5.69 Å². The molecule has 4 heteroatoms. The van der Waals surface area contributed by atoms with Crippen molar-refractivity contribution in [3.8, 4) is 0 Å². The number of benzene rings is 1. The first-order chi connectivity index (χ1) is 10.1. The second kappa shape index (κ2) is 5.88. The number of likely N-dealkylation sites (tertiary alicyclic amines) is 1. The van der Waals surface area contributed by atoms with Gasteiger partial charge in [0.25, 0.3) is 5.91 Å². The van der Waals surface area contributed by atoms with Crippen LogP contribution < -0.4 is 5.32 Å². The first-order valence-corrected chi connectivity index (χ1v) is 7.85. The summed E-state index contributed by atoms with van der Waals surface area (Å²) >= 11 is 0. The molecule has 0 aromatic heterocycles. The van der Waals surface area contributed by atoms with Crippen LogP contribution in [-0.2, 0) is 4.79 Å². The Kier molecular flexibility index (Phi) is 3.95. The minimum atomic E-state index is 0.0583. The normalized spacial score (nSPS) is 19.4. The summed E-state index contributed by atoms with van der Waals surface area (Å²) in [6.45, 7) is 3.66. The minimum absolute atomic E-state index is 0.0583. The van der Waals surface area contributed by atoms with Crippen molar-refractivity contribution in [2.75, 3.05) is 18.4 Å². The quantitative estimate of drug-likeness (QED) is 0.925. The second-order valence-electron chi connectivity index (χ2n) is 6.20. The highest BCUT2D eigenvalue weighted by molar-refractivity contribution is 5.97. The van der Waals surface area contributed by atoms with Crippen LogP contribution in [0.5, 0.6) is 0 Å². The van der Waals surface area contributed by atoms with E-state index in [4.69, 9.17) is 0 Å². The fraction of sp³-hybridized carbons (Fsp3) is 0.529. The van der Waals surface area contributed by atoms with Gasteiger partial charge in [0.2, 0.25) is 5.91 Å². The average molecular weight is 286 g/mol. The molecule has 1 atom stereocenters. The number of hydrogen-bond acceptors (Lipinski definition) is 2. The van der Waals surface area contributed by atoms with E-state index in [0.29, 0.717) is 11.5 Å². The van der Waals surface area contributed by atoms with Gasteiger partial charge in [0.05, 0.1) is 0 Å². The number of nitrogens with one attached hydrogen (secondary N) is 1. The lowest BCUT2D eigenvalue weighted by Gasteiger charge is -2.16. The highest BCUT2D eigenvalue weighted by Crippen LogP contribution is 2.37. The molecule has 1 unspecified atom stereocenters. The van der Waals surface area contributed by atoms with Gasteiger partial charge in [-0.3, -0.25) is 9.59 Å². The number of carbonyl (C=O) groups is 2. The van der Waals surface area contributed by atoms with Gasteiger partial charge in [0.1, 0.15) is 0 Å². The molecule has 0 radical (unpaired) electrons. The van der Waals surface area contributed by atoms with Crippen molar-refractivity contribution in [1.29, 1.82) is 0 Å².